The third-order valence-electron chi connectivity index (χ3n) is 0.361. The topological polar surface area (TPSA) is 58.6 Å². The summed E-state index contributed by atoms with van der Waals surface area (Å²) >= 11 is 0. The Kier molecular flexibility index (Phi) is 3.60. The van der Waals surface area contributed by atoms with Crippen molar-refractivity contribution in [3.63, 3.8) is 0 Å². The number of carboxylic acid groups (broad SMARTS) is 1. The van der Waals surface area contributed by atoms with Crippen molar-refractivity contribution in [3.8, 4) is 0 Å². The van der Waals surface area contributed by atoms with Crippen LogP contribution in [0.2, 0.25) is 0 Å². The SMILES string of the molecule is C=CCONC(=O)O. The zero-order chi connectivity index (χ0) is 6.41. The van der Waals surface area contributed by atoms with Crippen LogP contribution in [-0.2, 0) is 4.84 Å². The number of hydrogen-bond acceptors (Lipinski definition) is 2. The summed E-state index contributed by atoms with van der Waals surface area (Å²) < 4.78 is 0. The summed E-state index contributed by atoms with van der Waals surface area (Å²) in [5.41, 5.74) is 1.69. The lowest BCUT2D eigenvalue weighted by Crippen LogP contribution is -2.20. The van der Waals surface area contributed by atoms with Crippen molar-refractivity contribution in [2.45, 2.75) is 0 Å². The van der Waals surface area contributed by atoms with E-state index in [0.717, 1.165) is 0 Å². The second-order valence-electron chi connectivity index (χ2n) is 1.01. The predicted octanol–water partition coefficient (Wildman–Crippen LogP) is 0.372. The van der Waals surface area contributed by atoms with Gasteiger partial charge in [-0.2, -0.15) is 5.48 Å². The second kappa shape index (κ2) is 4.14. The zero-order valence-corrected chi connectivity index (χ0v) is 4.26. The van der Waals surface area contributed by atoms with Crippen LogP contribution in [0.3, 0.4) is 0 Å². The van der Waals surface area contributed by atoms with Crippen LogP contribution in [-0.4, -0.2) is 17.8 Å². The lowest BCUT2D eigenvalue weighted by atomic mass is 10.7. The summed E-state index contributed by atoms with van der Waals surface area (Å²) in [6, 6.07) is 0. The molecule has 0 unspecified atom stereocenters. The molecule has 0 saturated carbocycles. The summed E-state index contributed by atoms with van der Waals surface area (Å²) in [7, 11) is 0. The molecule has 0 aliphatic carbocycles. The lowest BCUT2D eigenvalue weighted by Gasteiger charge is -1.94. The molecule has 0 fully saturated rings. The highest BCUT2D eigenvalue weighted by atomic mass is 16.7. The first-order valence-corrected chi connectivity index (χ1v) is 1.99. The maximum atomic E-state index is 9.60. The molecule has 0 heterocycles. The maximum Gasteiger partial charge on any atom is 0.428 e. The molecule has 1 amide bonds. The molecule has 4 nitrogen and oxygen atoms in total. The van der Waals surface area contributed by atoms with Gasteiger partial charge < -0.3 is 5.11 Å². The number of hydrogen-bond donors (Lipinski definition) is 2. The van der Waals surface area contributed by atoms with Crippen molar-refractivity contribution in [2.24, 2.45) is 0 Å². The number of hydroxylamine groups is 1. The summed E-state index contributed by atoms with van der Waals surface area (Å²) in [5.74, 6) is 0. The van der Waals surface area contributed by atoms with Gasteiger partial charge in [0.25, 0.3) is 0 Å². The molecular weight excluding hydrogens is 110 g/mol. The number of amides is 1. The fourth-order valence-electron chi connectivity index (χ4n) is 0.162. The molecule has 0 aliphatic rings. The Morgan fingerprint density at radius 3 is 3.00 bits per heavy atom. The lowest BCUT2D eigenvalue weighted by molar-refractivity contribution is 0.0593. The first-order valence-electron chi connectivity index (χ1n) is 1.99. The molecule has 0 bridgehead atoms. The van der Waals surface area contributed by atoms with Crippen molar-refractivity contribution in [1.82, 2.24) is 5.48 Å². The van der Waals surface area contributed by atoms with Crippen LogP contribution in [0.25, 0.3) is 0 Å². The summed E-state index contributed by atoms with van der Waals surface area (Å²) in [5, 5.41) is 7.87. The molecule has 0 radical (unpaired) electrons. The third kappa shape index (κ3) is 4.97. The van der Waals surface area contributed by atoms with E-state index in [1.165, 1.54) is 6.08 Å². The van der Waals surface area contributed by atoms with Crippen LogP contribution < -0.4 is 5.48 Å². The maximum absolute atomic E-state index is 9.60. The van der Waals surface area contributed by atoms with Gasteiger partial charge in [-0.1, -0.05) is 6.08 Å². The van der Waals surface area contributed by atoms with Gasteiger partial charge in [-0.3, -0.25) is 4.84 Å². The second-order valence-corrected chi connectivity index (χ2v) is 1.01. The van der Waals surface area contributed by atoms with Crippen molar-refractivity contribution in [2.75, 3.05) is 6.61 Å². The first kappa shape index (κ1) is 6.97. The smallest absolute Gasteiger partial charge is 0.428 e. The molecule has 2 N–H and O–H groups in total. The van der Waals surface area contributed by atoms with E-state index in [1.807, 2.05) is 0 Å². The highest BCUT2D eigenvalue weighted by Gasteiger charge is 1.87. The Balaban J connectivity index is 2.93. The fraction of sp³-hybridized carbons (Fsp3) is 0.250. The Labute approximate surface area is 46.7 Å². The first-order chi connectivity index (χ1) is 3.77. The van der Waals surface area contributed by atoms with Crippen molar-refractivity contribution < 1.29 is 14.7 Å². The van der Waals surface area contributed by atoms with E-state index >= 15 is 0 Å². The molecular formula is C4H7NO3. The van der Waals surface area contributed by atoms with Gasteiger partial charge in [-0.15, -0.1) is 6.58 Å². The van der Waals surface area contributed by atoms with Gasteiger partial charge >= 0.3 is 6.09 Å². The van der Waals surface area contributed by atoms with E-state index in [4.69, 9.17) is 5.11 Å². The summed E-state index contributed by atoms with van der Waals surface area (Å²) in [6.07, 6.45) is 0.238. The van der Waals surface area contributed by atoms with Gasteiger partial charge in [0.15, 0.2) is 0 Å². The van der Waals surface area contributed by atoms with Crippen LogP contribution in [0.4, 0.5) is 4.79 Å². The monoisotopic (exact) mass is 117 g/mol. The Morgan fingerprint density at radius 2 is 2.62 bits per heavy atom. The normalized spacial score (nSPS) is 8.00. The average molecular weight is 117 g/mol. The highest BCUT2D eigenvalue weighted by molar-refractivity contribution is 5.62. The minimum atomic E-state index is -1.20. The van der Waals surface area contributed by atoms with Crippen LogP contribution in [0.15, 0.2) is 12.7 Å². The van der Waals surface area contributed by atoms with E-state index in [0.29, 0.717) is 0 Å². The van der Waals surface area contributed by atoms with Gasteiger partial charge in [0, 0.05) is 0 Å². The molecule has 4 heteroatoms. The molecule has 0 atom stereocenters. The van der Waals surface area contributed by atoms with Gasteiger partial charge in [0.2, 0.25) is 0 Å². The van der Waals surface area contributed by atoms with E-state index in [9.17, 15) is 4.79 Å². The van der Waals surface area contributed by atoms with E-state index in [-0.39, 0.29) is 6.61 Å². The average Bonchev–Trinajstić information content (AvgIpc) is 1.66. The fourth-order valence-corrected chi connectivity index (χ4v) is 0.162. The van der Waals surface area contributed by atoms with E-state index < -0.39 is 6.09 Å². The van der Waals surface area contributed by atoms with Crippen LogP contribution in [0, 0.1) is 0 Å². The minimum absolute atomic E-state index is 0.187. The Morgan fingerprint density at radius 1 is 2.00 bits per heavy atom. The van der Waals surface area contributed by atoms with Crippen LogP contribution in [0.1, 0.15) is 0 Å². The van der Waals surface area contributed by atoms with Crippen LogP contribution >= 0.6 is 0 Å². The van der Waals surface area contributed by atoms with Gasteiger partial charge in [0.05, 0.1) is 6.61 Å². The van der Waals surface area contributed by atoms with E-state index in [1.54, 1.807) is 5.48 Å². The van der Waals surface area contributed by atoms with Crippen LogP contribution in [0.5, 0.6) is 0 Å². The highest BCUT2D eigenvalue weighted by Crippen LogP contribution is 1.66. The summed E-state index contributed by atoms with van der Waals surface area (Å²) in [4.78, 5) is 13.9. The van der Waals surface area contributed by atoms with E-state index in [2.05, 4.69) is 11.4 Å². The molecule has 0 aromatic carbocycles. The molecule has 0 aromatic rings. The van der Waals surface area contributed by atoms with Gasteiger partial charge in [0.1, 0.15) is 0 Å². The third-order valence-corrected chi connectivity index (χ3v) is 0.361. The van der Waals surface area contributed by atoms with Crippen molar-refractivity contribution in [1.29, 1.82) is 0 Å². The molecule has 8 heavy (non-hydrogen) atoms. The molecule has 0 rings (SSSR count). The number of rotatable bonds is 3. The Bertz CT molecular complexity index is 91.3. The van der Waals surface area contributed by atoms with Crippen molar-refractivity contribution in [3.05, 3.63) is 12.7 Å². The standard InChI is InChI=1S/C4H7NO3/c1-2-3-8-5-4(6)7/h2,5H,1,3H2,(H,6,7). The molecule has 0 spiro atoms. The zero-order valence-electron chi connectivity index (χ0n) is 4.26. The molecule has 0 saturated heterocycles. The van der Waals surface area contributed by atoms with Gasteiger partial charge in [-0.05, 0) is 0 Å². The predicted molar refractivity (Wildman–Crippen MR) is 27.3 cm³/mol. The number of carbonyl (C=O) groups is 1. The Hall–Kier alpha value is -1.03. The molecule has 0 aliphatic heterocycles. The summed E-state index contributed by atoms with van der Waals surface area (Å²) in [6.45, 7) is 3.49. The van der Waals surface area contributed by atoms with Gasteiger partial charge in [-0.25, -0.2) is 4.79 Å². The molecule has 46 valence electrons. The minimum Gasteiger partial charge on any atom is -0.464 e. The number of nitrogens with one attached hydrogen (secondary N) is 1. The molecule has 0 aromatic heterocycles. The largest absolute Gasteiger partial charge is 0.464 e. The van der Waals surface area contributed by atoms with Crippen molar-refractivity contribution >= 4 is 6.09 Å². The quantitative estimate of drug-likeness (QED) is 0.319.